The second kappa shape index (κ2) is 8.21. The fourth-order valence-corrected chi connectivity index (χ4v) is 2.96. The molecule has 0 saturated heterocycles. The first-order valence-electron chi connectivity index (χ1n) is 6.58. The van der Waals surface area contributed by atoms with Crippen LogP contribution in [0.2, 0.25) is 0 Å². The maximum atomic E-state index is 6.27. The Hall–Kier alpha value is 0.0300. The molecule has 1 aliphatic carbocycles. The summed E-state index contributed by atoms with van der Waals surface area (Å²) in [5.74, 6) is 0.915. The van der Waals surface area contributed by atoms with Crippen molar-refractivity contribution in [2.45, 2.75) is 69.6 Å². The minimum absolute atomic E-state index is 0.464. The second-order valence-electron chi connectivity index (χ2n) is 4.91. The highest BCUT2D eigenvalue weighted by Gasteiger charge is 2.17. The number of hydrogen-bond acceptors (Lipinski definition) is 0. The van der Waals surface area contributed by atoms with E-state index in [2.05, 4.69) is 6.58 Å². The highest BCUT2D eigenvalue weighted by molar-refractivity contribution is 6.20. The monoisotopic (exact) mass is 228 g/mol. The summed E-state index contributed by atoms with van der Waals surface area (Å²) in [6, 6.07) is 0. The summed E-state index contributed by atoms with van der Waals surface area (Å²) in [5, 5.41) is 0.464. The van der Waals surface area contributed by atoms with Gasteiger partial charge in [0.2, 0.25) is 0 Å². The molecule has 2 unspecified atom stereocenters. The molecule has 15 heavy (non-hydrogen) atoms. The quantitative estimate of drug-likeness (QED) is 0.250. The maximum absolute atomic E-state index is 6.27. The Morgan fingerprint density at radius 2 is 1.93 bits per heavy atom. The normalized spacial score (nSPS) is 27.3. The number of rotatable bonds is 6. The molecular formula is C14H25Cl. The molecule has 1 rings (SSSR count). The fourth-order valence-electron chi connectivity index (χ4n) is 2.56. The molecule has 0 N–H and O–H groups in total. The van der Waals surface area contributed by atoms with E-state index in [0.29, 0.717) is 5.38 Å². The van der Waals surface area contributed by atoms with Crippen LogP contribution in [0, 0.1) is 5.92 Å². The van der Waals surface area contributed by atoms with Crippen molar-refractivity contribution in [3.05, 3.63) is 12.7 Å². The molecule has 2 atom stereocenters. The van der Waals surface area contributed by atoms with Crippen molar-refractivity contribution in [1.29, 1.82) is 0 Å². The van der Waals surface area contributed by atoms with E-state index in [-0.39, 0.29) is 0 Å². The van der Waals surface area contributed by atoms with E-state index in [4.69, 9.17) is 11.6 Å². The average molecular weight is 229 g/mol. The van der Waals surface area contributed by atoms with Crippen LogP contribution < -0.4 is 0 Å². The lowest BCUT2D eigenvalue weighted by Gasteiger charge is -2.15. The van der Waals surface area contributed by atoms with Gasteiger partial charge in [-0.05, 0) is 31.6 Å². The Labute approximate surface area is 100 Å². The van der Waals surface area contributed by atoms with Crippen LogP contribution in [0.1, 0.15) is 64.2 Å². The van der Waals surface area contributed by atoms with Crippen molar-refractivity contribution in [1.82, 2.24) is 0 Å². The van der Waals surface area contributed by atoms with Gasteiger partial charge in [0.15, 0.2) is 0 Å². The minimum atomic E-state index is 0.464. The zero-order valence-corrected chi connectivity index (χ0v) is 10.6. The van der Waals surface area contributed by atoms with Crippen LogP contribution >= 0.6 is 11.6 Å². The van der Waals surface area contributed by atoms with Crippen molar-refractivity contribution < 1.29 is 0 Å². The predicted molar refractivity (Wildman–Crippen MR) is 69.5 cm³/mol. The van der Waals surface area contributed by atoms with E-state index in [0.717, 1.165) is 5.92 Å². The number of hydrogen-bond donors (Lipinski definition) is 0. The number of alkyl halides is 1. The van der Waals surface area contributed by atoms with Gasteiger partial charge in [-0.25, -0.2) is 0 Å². The minimum Gasteiger partial charge on any atom is -0.123 e. The van der Waals surface area contributed by atoms with Crippen LogP contribution in [-0.4, -0.2) is 5.38 Å². The number of halogens is 1. The van der Waals surface area contributed by atoms with Gasteiger partial charge in [0, 0.05) is 5.38 Å². The summed E-state index contributed by atoms with van der Waals surface area (Å²) in [7, 11) is 0. The highest BCUT2D eigenvalue weighted by Crippen LogP contribution is 2.30. The van der Waals surface area contributed by atoms with E-state index >= 15 is 0 Å². The molecular weight excluding hydrogens is 204 g/mol. The summed E-state index contributed by atoms with van der Waals surface area (Å²) in [6.07, 6.45) is 15.4. The Morgan fingerprint density at radius 3 is 2.73 bits per heavy atom. The van der Waals surface area contributed by atoms with Crippen molar-refractivity contribution in [2.75, 3.05) is 0 Å². The average Bonchev–Trinajstić information content (AvgIpc) is 2.43. The largest absolute Gasteiger partial charge is 0.123 e. The molecule has 0 aromatic rings. The van der Waals surface area contributed by atoms with Gasteiger partial charge >= 0.3 is 0 Å². The molecule has 0 amide bonds. The summed E-state index contributed by atoms with van der Waals surface area (Å²) in [4.78, 5) is 0. The fraction of sp³-hybridized carbons (Fsp3) is 0.857. The second-order valence-corrected chi connectivity index (χ2v) is 5.53. The first-order chi connectivity index (χ1) is 7.33. The van der Waals surface area contributed by atoms with Crippen LogP contribution in [0.4, 0.5) is 0 Å². The molecule has 1 saturated carbocycles. The van der Waals surface area contributed by atoms with Gasteiger partial charge in [-0.2, -0.15) is 0 Å². The molecule has 1 aliphatic rings. The van der Waals surface area contributed by atoms with E-state index < -0.39 is 0 Å². The van der Waals surface area contributed by atoms with Crippen LogP contribution in [0.3, 0.4) is 0 Å². The standard InChI is InChI=1S/C14H25Cl/c1-2-3-4-5-6-9-13-10-7-8-11-14(15)12-13/h2,13-14H,1,3-12H2. The van der Waals surface area contributed by atoms with Crippen LogP contribution in [0.25, 0.3) is 0 Å². The molecule has 1 heteroatoms. The van der Waals surface area contributed by atoms with Gasteiger partial charge in [0.1, 0.15) is 0 Å². The number of allylic oxidation sites excluding steroid dienone is 1. The van der Waals surface area contributed by atoms with E-state index in [1.165, 1.54) is 64.2 Å². The van der Waals surface area contributed by atoms with Crippen LogP contribution in [0.5, 0.6) is 0 Å². The lowest BCUT2D eigenvalue weighted by molar-refractivity contribution is 0.409. The Morgan fingerprint density at radius 1 is 1.13 bits per heavy atom. The topological polar surface area (TPSA) is 0 Å². The van der Waals surface area contributed by atoms with E-state index in [1.807, 2.05) is 6.08 Å². The van der Waals surface area contributed by atoms with Crippen LogP contribution in [-0.2, 0) is 0 Å². The molecule has 1 fully saturated rings. The summed E-state index contributed by atoms with van der Waals surface area (Å²) in [5.41, 5.74) is 0. The van der Waals surface area contributed by atoms with Crippen molar-refractivity contribution in [2.24, 2.45) is 5.92 Å². The first-order valence-corrected chi connectivity index (χ1v) is 7.01. The molecule has 0 spiro atoms. The third kappa shape index (κ3) is 6.25. The third-order valence-corrected chi connectivity index (χ3v) is 3.89. The summed E-state index contributed by atoms with van der Waals surface area (Å²) in [6.45, 7) is 3.75. The van der Waals surface area contributed by atoms with E-state index in [9.17, 15) is 0 Å². The van der Waals surface area contributed by atoms with Gasteiger partial charge in [0.25, 0.3) is 0 Å². The zero-order chi connectivity index (χ0) is 10.9. The molecule has 0 aromatic heterocycles. The maximum Gasteiger partial charge on any atom is 0.0338 e. The lowest BCUT2D eigenvalue weighted by atomic mass is 9.93. The molecule has 0 aromatic carbocycles. The van der Waals surface area contributed by atoms with Crippen molar-refractivity contribution >= 4 is 11.6 Å². The number of unbranched alkanes of at least 4 members (excludes halogenated alkanes) is 3. The SMILES string of the molecule is C=CCCCCCC1CCCCC(Cl)C1. The van der Waals surface area contributed by atoms with Crippen LogP contribution in [0.15, 0.2) is 12.7 Å². The smallest absolute Gasteiger partial charge is 0.0338 e. The van der Waals surface area contributed by atoms with Gasteiger partial charge in [0.05, 0.1) is 0 Å². The Bertz CT molecular complexity index is 165. The van der Waals surface area contributed by atoms with Gasteiger partial charge in [-0.1, -0.05) is 44.6 Å². The molecule has 0 bridgehead atoms. The van der Waals surface area contributed by atoms with Crippen molar-refractivity contribution in [3.8, 4) is 0 Å². The lowest BCUT2D eigenvalue weighted by Crippen LogP contribution is -2.05. The third-order valence-electron chi connectivity index (χ3n) is 3.49. The van der Waals surface area contributed by atoms with Gasteiger partial charge < -0.3 is 0 Å². The highest BCUT2D eigenvalue weighted by atomic mass is 35.5. The molecule has 0 aliphatic heterocycles. The summed E-state index contributed by atoms with van der Waals surface area (Å²) < 4.78 is 0. The Balaban J connectivity index is 2.05. The first kappa shape index (κ1) is 13.1. The van der Waals surface area contributed by atoms with E-state index in [1.54, 1.807) is 0 Å². The van der Waals surface area contributed by atoms with Crippen molar-refractivity contribution in [3.63, 3.8) is 0 Å². The summed E-state index contributed by atoms with van der Waals surface area (Å²) >= 11 is 6.27. The zero-order valence-electron chi connectivity index (χ0n) is 9.89. The Kier molecular flexibility index (Phi) is 7.17. The van der Waals surface area contributed by atoms with Gasteiger partial charge in [-0.3, -0.25) is 0 Å². The molecule has 0 radical (unpaired) electrons. The molecule has 0 nitrogen and oxygen atoms in total. The molecule has 0 heterocycles. The van der Waals surface area contributed by atoms with Gasteiger partial charge in [-0.15, -0.1) is 18.2 Å². The predicted octanol–water partition coefficient (Wildman–Crippen LogP) is 5.31. The molecule has 88 valence electrons.